The summed E-state index contributed by atoms with van der Waals surface area (Å²) >= 11 is 0. The van der Waals surface area contributed by atoms with Crippen molar-refractivity contribution < 1.29 is 23.1 Å². The number of amides is 1. The summed E-state index contributed by atoms with van der Waals surface area (Å²) < 4.78 is 27.0. The van der Waals surface area contributed by atoms with Crippen LogP contribution in [0.3, 0.4) is 0 Å². The molecule has 0 bridgehead atoms. The highest BCUT2D eigenvalue weighted by molar-refractivity contribution is 7.89. The fourth-order valence-corrected chi connectivity index (χ4v) is 3.34. The standard InChI is InChI=1S/C16H22N2O5S/c1-11(7-15(19)20)9-17-16(21)13-3-2-4-14(8-13)24(22,23)18-10-12-5-6-12/h2-4,8,11-12,18H,5-7,9-10H2,1H3,(H,17,21)(H,19,20). The van der Waals surface area contributed by atoms with Crippen LogP contribution in [0.2, 0.25) is 0 Å². The van der Waals surface area contributed by atoms with Crippen molar-refractivity contribution in [2.45, 2.75) is 31.1 Å². The van der Waals surface area contributed by atoms with E-state index in [-0.39, 0.29) is 29.3 Å². The van der Waals surface area contributed by atoms with E-state index in [1.54, 1.807) is 6.92 Å². The van der Waals surface area contributed by atoms with Crippen molar-refractivity contribution in [3.63, 3.8) is 0 Å². The van der Waals surface area contributed by atoms with Crippen molar-refractivity contribution in [2.24, 2.45) is 11.8 Å². The molecular weight excluding hydrogens is 332 g/mol. The molecule has 7 nitrogen and oxygen atoms in total. The molecule has 3 N–H and O–H groups in total. The number of hydrogen-bond donors (Lipinski definition) is 3. The van der Waals surface area contributed by atoms with Gasteiger partial charge in [0.25, 0.3) is 5.91 Å². The Morgan fingerprint density at radius 3 is 2.67 bits per heavy atom. The van der Waals surface area contributed by atoms with Crippen molar-refractivity contribution in [3.05, 3.63) is 29.8 Å². The molecule has 1 aliphatic rings. The fraction of sp³-hybridized carbons (Fsp3) is 0.500. The average Bonchev–Trinajstić information content (AvgIpc) is 3.34. The third-order valence-corrected chi connectivity index (χ3v) is 5.22. The molecule has 0 radical (unpaired) electrons. The summed E-state index contributed by atoms with van der Waals surface area (Å²) in [5.41, 5.74) is 0.229. The summed E-state index contributed by atoms with van der Waals surface area (Å²) in [7, 11) is -3.63. The maximum atomic E-state index is 12.2. The minimum atomic E-state index is -3.63. The highest BCUT2D eigenvalue weighted by Gasteiger charge is 2.24. The van der Waals surface area contributed by atoms with Crippen molar-refractivity contribution in [1.29, 1.82) is 0 Å². The summed E-state index contributed by atoms with van der Waals surface area (Å²) in [6, 6.07) is 5.81. The number of carbonyl (C=O) groups excluding carboxylic acids is 1. The van der Waals surface area contributed by atoms with E-state index in [4.69, 9.17) is 5.11 Å². The van der Waals surface area contributed by atoms with Crippen LogP contribution < -0.4 is 10.0 Å². The molecular formula is C16H22N2O5S. The zero-order valence-corrected chi connectivity index (χ0v) is 14.3. The lowest BCUT2D eigenvalue weighted by atomic mass is 10.1. The van der Waals surface area contributed by atoms with Crippen LogP contribution in [-0.4, -0.2) is 38.5 Å². The molecule has 1 saturated carbocycles. The maximum Gasteiger partial charge on any atom is 0.303 e. The Balaban J connectivity index is 1.98. The van der Waals surface area contributed by atoms with Crippen LogP contribution in [0.15, 0.2) is 29.2 Å². The summed E-state index contributed by atoms with van der Waals surface area (Å²) in [4.78, 5) is 22.8. The van der Waals surface area contributed by atoms with Crippen molar-refractivity contribution in [2.75, 3.05) is 13.1 Å². The molecule has 0 heterocycles. The number of rotatable bonds is 9. The van der Waals surface area contributed by atoms with Gasteiger partial charge in [0.05, 0.1) is 4.90 Å². The molecule has 0 spiro atoms. The predicted molar refractivity (Wildman–Crippen MR) is 88.1 cm³/mol. The van der Waals surface area contributed by atoms with Crippen LogP contribution in [0.5, 0.6) is 0 Å². The van der Waals surface area contributed by atoms with Crippen molar-refractivity contribution >= 4 is 21.9 Å². The lowest BCUT2D eigenvalue weighted by Crippen LogP contribution is -2.30. The Morgan fingerprint density at radius 2 is 2.04 bits per heavy atom. The van der Waals surface area contributed by atoms with Gasteiger partial charge in [0, 0.05) is 25.1 Å². The van der Waals surface area contributed by atoms with E-state index in [0.717, 1.165) is 12.8 Å². The lowest BCUT2D eigenvalue weighted by molar-refractivity contribution is -0.137. The zero-order valence-electron chi connectivity index (χ0n) is 13.5. The minimum Gasteiger partial charge on any atom is -0.481 e. The van der Waals surface area contributed by atoms with E-state index in [1.807, 2.05) is 0 Å². The molecule has 132 valence electrons. The Kier molecular flexibility index (Phi) is 5.95. The number of hydrogen-bond acceptors (Lipinski definition) is 4. The number of carboxylic acid groups (broad SMARTS) is 1. The van der Waals surface area contributed by atoms with Gasteiger partial charge in [-0.2, -0.15) is 0 Å². The molecule has 1 amide bonds. The molecule has 8 heteroatoms. The van der Waals surface area contributed by atoms with Gasteiger partial charge in [-0.1, -0.05) is 13.0 Å². The van der Waals surface area contributed by atoms with Crippen LogP contribution in [0, 0.1) is 11.8 Å². The topological polar surface area (TPSA) is 113 Å². The van der Waals surface area contributed by atoms with Gasteiger partial charge in [-0.3, -0.25) is 9.59 Å². The van der Waals surface area contributed by atoms with Gasteiger partial charge >= 0.3 is 5.97 Å². The first-order chi connectivity index (χ1) is 11.3. The minimum absolute atomic E-state index is 0.0419. The van der Waals surface area contributed by atoms with E-state index in [1.165, 1.54) is 24.3 Å². The van der Waals surface area contributed by atoms with Gasteiger partial charge < -0.3 is 10.4 Å². The largest absolute Gasteiger partial charge is 0.481 e. The van der Waals surface area contributed by atoms with Gasteiger partial charge in [0.1, 0.15) is 0 Å². The number of carbonyl (C=O) groups is 2. The fourth-order valence-electron chi connectivity index (χ4n) is 2.18. The van der Waals surface area contributed by atoms with E-state index < -0.39 is 21.9 Å². The first-order valence-corrected chi connectivity index (χ1v) is 9.36. The van der Waals surface area contributed by atoms with Gasteiger partial charge in [-0.05, 0) is 42.9 Å². The summed E-state index contributed by atoms with van der Waals surface area (Å²) in [6.45, 7) is 2.35. The maximum absolute atomic E-state index is 12.2. The second kappa shape index (κ2) is 7.76. The monoisotopic (exact) mass is 354 g/mol. The van der Waals surface area contributed by atoms with Crippen molar-refractivity contribution in [3.8, 4) is 0 Å². The van der Waals surface area contributed by atoms with Gasteiger partial charge in [0.15, 0.2) is 0 Å². The molecule has 1 fully saturated rings. The average molecular weight is 354 g/mol. The number of nitrogens with one attached hydrogen (secondary N) is 2. The molecule has 0 aromatic heterocycles. The number of sulfonamides is 1. The van der Waals surface area contributed by atoms with Crippen LogP contribution >= 0.6 is 0 Å². The van der Waals surface area contributed by atoms with E-state index in [2.05, 4.69) is 10.0 Å². The van der Waals surface area contributed by atoms with Gasteiger partial charge in [0.2, 0.25) is 10.0 Å². The predicted octanol–water partition coefficient (Wildman–Crippen LogP) is 1.22. The van der Waals surface area contributed by atoms with Crippen LogP contribution in [0.25, 0.3) is 0 Å². The molecule has 1 aromatic rings. The number of carboxylic acids is 1. The SMILES string of the molecule is CC(CNC(=O)c1cccc(S(=O)(=O)NCC2CC2)c1)CC(=O)O. The molecule has 24 heavy (non-hydrogen) atoms. The van der Waals surface area contributed by atoms with E-state index in [9.17, 15) is 18.0 Å². The van der Waals surface area contributed by atoms with Crippen LogP contribution in [-0.2, 0) is 14.8 Å². The summed E-state index contributed by atoms with van der Waals surface area (Å²) in [6.07, 6.45) is 2.04. The van der Waals surface area contributed by atoms with Gasteiger partial charge in [-0.15, -0.1) is 0 Å². The normalized spacial score (nSPS) is 15.7. The second-order valence-electron chi connectivity index (χ2n) is 6.24. The highest BCUT2D eigenvalue weighted by atomic mass is 32.2. The number of benzene rings is 1. The van der Waals surface area contributed by atoms with Gasteiger partial charge in [-0.25, -0.2) is 13.1 Å². The molecule has 2 rings (SSSR count). The molecule has 1 atom stereocenters. The Labute approximate surface area is 141 Å². The molecule has 1 unspecified atom stereocenters. The lowest BCUT2D eigenvalue weighted by Gasteiger charge is -2.11. The van der Waals surface area contributed by atoms with Crippen LogP contribution in [0.1, 0.15) is 36.5 Å². The van der Waals surface area contributed by atoms with Crippen molar-refractivity contribution in [1.82, 2.24) is 10.0 Å². The molecule has 0 aliphatic heterocycles. The highest BCUT2D eigenvalue weighted by Crippen LogP contribution is 2.28. The second-order valence-corrected chi connectivity index (χ2v) is 8.00. The third-order valence-electron chi connectivity index (χ3n) is 3.80. The van der Waals surface area contributed by atoms with Crippen LogP contribution in [0.4, 0.5) is 0 Å². The molecule has 1 aromatic carbocycles. The number of aliphatic carboxylic acids is 1. The summed E-state index contributed by atoms with van der Waals surface area (Å²) in [5, 5.41) is 11.3. The third kappa shape index (κ3) is 5.61. The first kappa shape index (κ1) is 18.4. The van der Waals surface area contributed by atoms with E-state index in [0.29, 0.717) is 12.5 Å². The first-order valence-electron chi connectivity index (χ1n) is 7.87. The van der Waals surface area contributed by atoms with E-state index >= 15 is 0 Å². The quantitative estimate of drug-likeness (QED) is 0.617. The Bertz CT molecular complexity index is 713. The summed E-state index contributed by atoms with van der Waals surface area (Å²) in [5.74, 6) is -1.14. The smallest absolute Gasteiger partial charge is 0.303 e. The Hall–Kier alpha value is -1.93. The Morgan fingerprint density at radius 1 is 1.33 bits per heavy atom. The molecule has 1 aliphatic carbocycles. The zero-order chi connectivity index (χ0) is 17.7. The molecule has 0 saturated heterocycles.